The summed E-state index contributed by atoms with van der Waals surface area (Å²) in [6.45, 7) is 0.429. The molecule has 6 nitrogen and oxygen atoms in total. The average molecular weight is 245 g/mol. The summed E-state index contributed by atoms with van der Waals surface area (Å²) in [6, 6.07) is 7.25. The van der Waals surface area contributed by atoms with Crippen molar-refractivity contribution in [3.8, 4) is 0 Å². The Kier molecular flexibility index (Phi) is 3.38. The maximum Gasteiger partial charge on any atom is 0.343 e. The molecule has 2 N–H and O–H groups in total. The molecule has 0 unspecified atom stereocenters. The van der Waals surface area contributed by atoms with Crippen molar-refractivity contribution in [3.63, 3.8) is 0 Å². The molecule has 0 aliphatic heterocycles. The lowest BCUT2D eigenvalue weighted by molar-refractivity contribution is -0.131. The van der Waals surface area contributed by atoms with Crippen molar-refractivity contribution in [1.82, 2.24) is 14.8 Å². The Labute approximate surface area is 102 Å². The van der Waals surface area contributed by atoms with Crippen molar-refractivity contribution in [3.05, 3.63) is 58.3 Å². The highest BCUT2D eigenvalue weighted by Crippen LogP contribution is 2.07. The number of benzene rings is 1. The van der Waals surface area contributed by atoms with Crippen LogP contribution < -0.4 is 5.69 Å². The zero-order chi connectivity index (χ0) is 13.0. The Morgan fingerprint density at radius 3 is 2.67 bits per heavy atom. The molecular formula is C12H11N3O3. The number of carboxylic acid groups (broad SMARTS) is 1. The standard InChI is InChI=1S/C12H11N3O3/c16-11(17)6-5-9-1-3-10(4-2-9)7-15-8-13-14-12(15)18/h1-6,8H,7H2,(H,14,18)(H,16,17)/b6-5+. The van der Waals surface area contributed by atoms with E-state index in [4.69, 9.17) is 5.11 Å². The summed E-state index contributed by atoms with van der Waals surface area (Å²) < 4.78 is 1.45. The van der Waals surface area contributed by atoms with Gasteiger partial charge in [-0.1, -0.05) is 24.3 Å². The van der Waals surface area contributed by atoms with Crippen LogP contribution in [0.15, 0.2) is 41.5 Å². The van der Waals surface area contributed by atoms with Gasteiger partial charge in [0.2, 0.25) is 0 Å². The van der Waals surface area contributed by atoms with E-state index in [1.807, 2.05) is 12.1 Å². The van der Waals surface area contributed by atoms with E-state index < -0.39 is 5.97 Å². The van der Waals surface area contributed by atoms with Gasteiger partial charge in [0, 0.05) is 6.08 Å². The second kappa shape index (κ2) is 5.13. The minimum absolute atomic E-state index is 0.259. The highest BCUT2D eigenvalue weighted by Gasteiger charge is 1.99. The van der Waals surface area contributed by atoms with Crippen molar-refractivity contribution < 1.29 is 9.90 Å². The topological polar surface area (TPSA) is 88.0 Å². The maximum atomic E-state index is 11.2. The number of aromatic amines is 1. The Bertz CT molecular complexity index is 623. The highest BCUT2D eigenvalue weighted by molar-refractivity contribution is 5.85. The van der Waals surface area contributed by atoms with Gasteiger partial charge in [0.15, 0.2) is 0 Å². The first-order valence-corrected chi connectivity index (χ1v) is 5.25. The molecule has 1 aromatic heterocycles. The summed E-state index contributed by atoms with van der Waals surface area (Å²) in [5.41, 5.74) is 1.47. The number of hydrogen-bond donors (Lipinski definition) is 2. The van der Waals surface area contributed by atoms with Gasteiger partial charge in [-0.2, -0.15) is 5.10 Å². The Balaban J connectivity index is 2.11. The van der Waals surface area contributed by atoms with E-state index in [9.17, 15) is 9.59 Å². The molecule has 1 aromatic carbocycles. The fourth-order valence-corrected chi connectivity index (χ4v) is 1.48. The Morgan fingerprint density at radius 1 is 1.39 bits per heavy atom. The first-order valence-electron chi connectivity index (χ1n) is 5.25. The third kappa shape index (κ3) is 2.94. The first kappa shape index (κ1) is 11.8. The largest absolute Gasteiger partial charge is 0.478 e. The summed E-state index contributed by atoms with van der Waals surface area (Å²) in [4.78, 5) is 21.6. The molecular weight excluding hydrogens is 234 g/mol. The van der Waals surface area contributed by atoms with Gasteiger partial charge in [0.1, 0.15) is 6.33 Å². The maximum absolute atomic E-state index is 11.2. The molecule has 0 radical (unpaired) electrons. The van der Waals surface area contributed by atoms with E-state index in [0.29, 0.717) is 6.54 Å². The van der Waals surface area contributed by atoms with Gasteiger partial charge in [0.05, 0.1) is 6.54 Å². The average Bonchev–Trinajstić information content (AvgIpc) is 2.74. The molecule has 0 atom stereocenters. The number of carboxylic acids is 1. The Morgan fingerprint density at radius 2 is 2.11 bits per heavy atom. The van der Waals surface area contributed by atoms with Gasteiger partial charge in [-0.05, 0) is 17.2 Å². The van der Waals surface area contributed by atoms with Crippen LogP contribution in [0.3, 0.4) is 0 Å². The molecule has 0 saturated carbocycles. The summed E-state index contributed by atoms with van der Waals surface area (Å²) in [6.07, 6.45) is 4.02. The van der Waals surface area contributed by atoms with Crippen molar-refractivity contribution in [2.45, 2.75) is 6.54 Å². The van der Waals surface area contributed by atoms with Crippen molar-refractivity contribution in [1.29, 1.82) is 0 Å². The number of carbonyl (C=O) groups is 1. The quantitative estimate of drug-likeness (QED) is 0.777. The van der Waals surface area contributed by atoms with Gasteiger partial charge >= 0.3 is 11.7 Å². The van der Waals surface area contributed by atoms with Gasteiger partial charge < -0.3 is 5.11 Å². The molecule has 0 spiro atoms. The molecule has 0 aliphatic carbocycles. The van der Waals surface area contributed by atoms with Gasteiger partial charge in [-0.15, -0.1) is 0 Å². The van der Waals surface area contributed by atoms with Gasteiger partial charge in [-0.25, -0.2) is 14.7 Å². The van der Waals surface area contributed by atoms with Crippen LogP contribution in [0.1, 0.15) is 11.1 Å². The van der Waals surface area contributed by atoms with Crippen molar-refractivity contribution in [2.75, 3.05) is 0 Å². The van der Waals surface area contributed by atoms with Crippen LogP contribution in [0.4, 0.5) is 0 Å². The number of aromatic nitrogens is 3. The monoisotopic (exact) mass is 245 g/mol. The zero-order valence-corrected chi connectivity index (χ0v) is 9.41. The van der Waals surface area contributed by atoms with Gasteiger partial charge in [-0.3, -0.25) is 4.57 Å². The fraction of sp³-hybridized carbons (Fsp3) is 0.0833. The van der Waals surface area contributed by atoms with E-state index in [1.165, 1.54) is 17.0 Å². The zero-order valence-electron chi connectivity index (χ0n) is 9.41. The summed E-state index contributed by atoms with van der Waals surface area (Å²) in [5.74, 6) is -0.982. The summed E-state index contributed by atoms with van der Waals surface area (Å²) in [7, 11) is 0. The third-order valence-corrected chi connectivity index (χ3v) is 2.37. The fourth-order valence-electron chi connectivity index (χ4n) is 1.48. The first-order chi connectivity index (χ1) is 8.65. The van der Waals surface area contributed by atoms with Crippen LogP contribution in [0.2, 0.25) is 0 Å². The number of aliphatic carboxylic acids is 1. The smallest absolute Gasteiger partial charge is 0.343 e. The second-order valence-corrected chi connectivity index (χ2v) is 3.70. The van der Waals surface area contributed by atoms with Crippen LogP contribution in [0.5, 0.6) is 0 Å². The number of nitrogens with zero attached hydrogens (tertiary/aromatic N) is 2. The molecule has 0 fully saturated rings. The lowest BCUT2D eigenvalue weighted by Gasteiger charge is -2.01. The molecule has 6 heteroatoms. The molecule has 2 rings (SSSR count). The summed E-state index contributed by atoms with van der Waals surface area (Å²) in [5, 5.41) is 14.4. The summed E-state index contributed by atoms with van der Waals surface area (Å²) >= 11 is 0. The lowest BCUT2D eigenvalue weighted by atomic mass is 10.1. The molecule has 0 aliphatic rings. The van der Waals surface area contributed by atoms with E-state index >= 15 is 0 Å². The highest BCUT2D eigenvalue weighted by atomic mass is 16.4. The molecule has 2 aromatic rings. The molecule has 0 amide bonds. The molecule has 92 valence electrons. The van der Waals surface area contributed by atoms with Crippen LogP contribution >= 0.6 is 0 Å². The van der Waals surface area contributed by atoms with Crippen LogP contribution in [-0.4, -0.2) is 25.8 Å². The van der Waals surface area contributed by atoms with E-state index in [2.05, 4.69) is 10.2 Å². The van der Waals surface area contributed by atoms with E-state index in [1.54, 1.807) is 12.1 Å². The molecule has 1 heterocycles. The number of nitrogens with one attached hydrogen (secondary N) is 1. The molecule has 0 saturated heterocycles. The van der Waals surface area contributed by atoms with Crippen LogP contribution in [0.25, 0.3) is 6.08 Å². The molecule has 0 bridgehead atoms. The Hall–Kier alpha value is -2.63. The van der Waals surface area contributed by atoms with E-state index in [-0.39, 0.29) is 5.69 Å². The van der Waals surface area contributed by atoms with Gasteiger partial charge in [0.25, 0.3) is 0 Å². The minimum Gasteiger partial charge on any atom is -0.478 e. The van der Waals surface area contributed by atoms with Crippen LogP contribution in [0, 0.1) is 0 Å². The van der Waals surface area contributed by atoms with Crippen molar-refractivity contribution in [2.24, 2.45) is 0 Å². The lowest BCUT2D eigenvalue weighted by Crippen LogP contribution is -2.16. The third-order valence-electron chi connectivity index (χ3n) is 2.37. The minimum atomic E-state index is -0.982. The number of H-pyrrole nitrogens is 1. The predicted molar refractivity (Wildman–Crippen MR) is 65.1 cm³/mol. The SMILES string of the molecule is O=C(O)/C=C/c1ccc(Cn2cn[nH]c2=O)cc1. The number of hydrogen-bond acceptors (Lipinski definition) is 3. The number of rotatable bonds is 4. The predicted octanol–water partition coefficient (Wildman–Crippen LogP) is 0.717. The second-order valence-electron chi connectivity index (χ2n) is 3.70. The van der Waals surface area contributed by atoms with Crippen molar-refractivity contribution >= 4 is 12.0 Å². The van der Waals surface area contributed by atoms with E-state index in [0.717, 1.165) is 17.2 Å². The van der Waals surface area contributed by atoms with Crippen LogP contribution in [-0.2, 0) is 11.3 Å². The molecule has 18 heavy (non-hydrogen) atoms. The normalized spacial score (nSPS) is 10.9.